The van der Waals surface area contributed by atoms with Gasteiger partial charge in [-0.25, -0.2) is 0 Å². The summed E-state index contributed by atoms with van der Waals surface area (Å²) in [5.41, 5.74) is 6.61. The molecule has 4 nitrogen and oxygen atoms in total. The molecule has 1 aliphatic carbocycles. The number of carbonyl (C=O) groups is 1. The minimum absolute atomic E-state index is 0.0438. The second-order valence-corrected chi connectivity index (χ2v) is 5.02. The highest BCUT2D eigenvalue weighted by Gasteiger charge is 2.32. The highest BCUT2D eigenvalue weighted by Crippen LogP contribution is 2.31. The number of nitrogens with one attached hydrogen (secondary N) is 1. The number of hydrogen-bond acceptors (Lipinski definition) is 3. The van der Waals surface area contributed by atoms with Gasteiger partial charge in [-0.3, -0.25) is 9.78 Å². The van der Waals surface area contributed by atoms with Gasteiger partial charge in [-0.2, -0.15) is 0 Å². The van der Waals surface area contributed by atoms with Crippen LogP contribution in [0, 0.1) is 11.8 Å². The summed E-state index contributed by atoms with van der Waals surface area (Å²) in [7, 11) is 0. The lowest BCUT2D eigenvalue weighted by Gasteiger charge is -2.20. The highest BCUT2D eigenvalue weighted by molar-refractivity contribution is 5.79. The van der Waals surface area contributed by atoms with Crippen molar-refractivity contribution in [2.45, 2.75) is 32.2 Å². The maximum absolute atomic E-state index is 12.2. The minimum Gasteiger partial charge on any atom is -0.348 e. The molecular formula is C14H21N3O. The number of nitrogens with two attached hydrogens (primary N) is 1. The average Bonchev–Trinajstić information content (AvgIpc) is 2.88. The van der Waals surface area contributed by atoms with Gasteiger partial charge in [0.15, 0.2) is 0 Å². The topological polar surface area (TPSA) is 68.0 Å². The van der Waals surface area contributed by atoms with Crippen LogP contribution in [0.3, 0.4) is 0 Å². The third-order valence-corrected chi connectivity index (χ3v) is 3.79. The predicted octanol–water partition coefficient (Wildman–Crippen LogP) is 1.63. The number of nitrogens with zero attached hydrogens (tertiary/aromatic N) is 1. The summed E-state index contributed by atoms with van der Waals surface area (Å²) >= 11 is 0. The summed E-state index contributed by atoms with van der Waals surface area (Å²) in [4.78, 5) is 16.5. The predicted molar refractivity (Wildman–Crippen MR) is 70.7 cm³/mol. The van der Waals surface area contributed by atoms with Crippen molar-refractivity contribution in [1.82, 2.24) is 10.3 Å². The number of amides is 1. The van der Waals surface area contributed by atoms with Crippen LogP contribution in [0.2, 0.25) is 0 Å². The van der Waals surface area contributed by atoms with Crippen LogP contribution in [0.1, 0.15) is 37.9 Å². The second-order valence-electron chi connectivity index (χ2n) is 5.02. The molecule has 4 heteroatoms. The lowest BCUT2D eigenvalue weighted by atomic mass is 9.95. The third kappa shape index (κ3) is 2.88. The van der Waals surface area contributed by atoms with E-state index in [1.54, 1.807) is 6.20 Å². The maximum atomic E-state index is 12.2. The number of hydrogen-bond donors (Lipinski definition) is 2. The molecule has 1 aliphatic rings. The molecule has 98 valence electrons. The molecule has 18 heavy (non-hydrogen) atoms. The first-order valence-corrected chi connectivity index (χ1v) is 6.63. The molecule has 1 aromatic rings. The van der Waals surface area contributed by atoms with Gasteiger partial charge in [-0.1, -0.05) is 12.5 Å². The van der Waals surface area contributed by atoms with E-state index in [0.717, 1.165) is 25.0 Å². The van der Waals surface area contributed by atoms with E-state index >= 15 is 0 Å². The van der Waals surface area contributed by atoms with Gasteiger partial charge in [0, 0.05) is 12.1 Å². The third-order valence-electron chi connectivity index (χ3n) is 3.79. The van der Waals surface area contributed by atoms with Crippen LogP contribution in [-0.4, -0.2) is 17.4 Å². The molecule has 1 amide bonds. The van der Waals surface area contributed by atoms with Crippen molar-refractivity contribution >= 4 is 5.91 Å². The van der Waals surface area contributed by atoms with E-state index in [2.05, 4.69) is 10.3 Å². The van der Waals surface area contributed by atoms with Crippen molar-refractivity contribution in [3.05, 3.63) is 30.1 Å². The minimum atomic E-state index is -0.0438. The summed E-state index contributed by atoms with van der Waals surface area (Å²) in [6.07, 6.45) is 4.89. The van der Waals surface area contributed by atoms with Crippen molar-refractivity contribution in [2.24, 2.45) is 17.6 Å². The fraction of sp³-hybridized carbons (Fsp3) is 0.571. The Morgan fingerprint density at radius 3 is 3.06 bits per heavy atom. The molecule has 0 spiro atoms. The zero-order chi connectivity index (χ0) is 13.0. The molecular weight excluding hydrogens is 226 g/mol. The van der Waals surface area contributed by atoms with Gasteiger partial charge in [0.25, 0.3) is 0 Å². The average molecular weight is 247 g/mol. The van der Waals surface area contributed by atoms with Crippen molar-refractivity contribution in [3.63, 3.8) is 0 Å². The van der Waals surface area contributed by atoms with Crippen molar-refractivity contribution in [1.29, 1.82) is 0 Å². The van der Waals surface area contributed by atoms with E-state index in [1.165, 1.54) is 0 Å². The molecule has 3 N–H and O–H groups in total. The van der Waals surface area contributed by atoms with Gasteiger partial charge in [0.1, 0.15) is 0 Å². The van der Waals surface area contributed by atoms with Crippen molar-refractivity contribution in [3.8, 4) is 0 Å². The Bertz CT molecular complexity index is 393. The molecule has 2 rings (SSSR count). The Morgan fingerprint density at radius 1 is 1.56 bits per heavy atom. The van der Waals surface area contributed by atoms with E-state index in [1.807, 2.05) is 25.1 Å². The zero-order valence-corrected chi connectivity index (χ0v) is 10.8. The lowest BCUT2D eigenvalue weighted by Crippen LogP contribution is -2.36. The summed E-state index contributed by atoms with van der Waals surface area (Å²) in [5, 5.41) is 3.05. The summed E-state index contributed by atoms with van der Waals surface area (Å²) in [5.74, 6) is 0.559. The molecule has 0 radical (unpaired) electrons. The van der Waals surface area contributed by atoms with Gasteiger partial charge in [0.2, 0.25) is 5.91 Å². The Balaban J connectivity index is 1.95. The van der Waals surface area contributed by atoms with E-state index in [0.29, 0.717) is 12.5 Å². The van der Waals surface area contributed by atoms with Crippen molar-refractivity contribution < 1.29 is 4.79 Å². The zero-order valence-electron chi connectivity index (χ0n) is 10.8. The van der Waals surface area contributed by atoms with Crippen LogP contribution >= 0.6 is 0 Å². The number of pyridine rings is 1. The molecule has 1 aromatic heterocycles. The molecule has 0 bridgehead atoms. The van der Waals surface area contributed by atoms with Gasteiger partial charge >= 0.3 is 0 Å². The molecule has 1 fully saturated rings. The fourth-order valence-electron chi connectivity index (χ4n) is 2.69. The van der Waals surface area contributed by atoms with Crippen LogP contribution in [0.25, 0.3) is 0 Å². The molecule has 1 heterocycles. The van der Waals surface area contributed by atoms with Crippen molar-refractivity contribution in [2.75, 3.05) is 6.54 Å². The Morgan fingerprint density at radius 2 is 2.39 bits per heavy atom. The number of aromatic nitrogens is 1. The van der Waals surface area contributed by atoms with Crippen LogP contribution in [0.5, 0.6) is 0 Å². The lowest BCUT2D eigenvalue weighted by molar-refractivity contribution is -0.126. The SMILES string of the molecule is CC(NC(=O)C1CCCC1CN)c1ccccn1. The molecule has 3 unspecified atom stereocenters. The van der Waals surface area contributed by atoms with Gasteiger partial charge in [-0.15, -0.1) is 0 Å². The quantitative estimate of drug-likeness (QED) is 0.849. The summed E-state index contributed by atoms with van der Waals surface area (Å²) in [6.45, 7) is 2.57. The van der Waals surface area contributed by atoms with E-state index in [-0.39, 0.29) is 17.9 Å². The maximum Gasteiger partial charge on any atom is 0.223 e. The summed E-state index contributed by atoms with van der Waals surface area (Å²) < 4.78 is 0. The second kappa shape index (κ2) is 5.96. The van der Waals surface area contributed by atoms with Crippen LogP contribution in [-0.2, 0) is 4.79 Å². The normalized spacial score (nSPS) is 24.8. The molecule has 3 atom stereocenters. The van der Waals surface area contributed by atoms with E-state index in [4.69, 9.17) is 5.73 Å². The van der Waals surface area contributed by atoms with Crippen LogP contribution < -0.4 is 11.1 Å². The Hall–Kier alpha value is -1.42. The molecule has 0 aromatic carbocycles. The Labute approximate surface area is 108 Å². The molecule has 0 aliphatic heterocycles. The number of carbonyl (C=O) groups excluding carboxylic acids is 1. The first-order chi connectivity index (χ1) is 8.72. The highest BCUT2D eigenvalue weighted by atomic mass is 16.2. The van der Waals surface area contributed by atoms with Gasteiger partial charge in [0.05, 0.1) is 11.7 Å². The van der Waals surface area contributed by atoms with E-state index in [9.17, 15) is 4.79 Å². The standard InChI is InChI=1S/C14H21N3O/c1-10(13-7-2-3-8-16-13)17-14(18)12-6-4-5-11(12)9-15/h2-3,7-8,10-12H,4-6,9,15H2,1H3,(H,17,18). The summed E-state index contributed by atoms with van der Waals surface area (Å²) in [6, 6.07) is 5.70. The largest absolute Gasteiger partial charge is 0.348 e. The van der Waals surface area contributed by atoms with Gasteiger partial charge in [-0.05, 0) is 44.4 Å². The van der Waals surface area contributed by atoms with Crippen LogP contribution in [0.4, 0.5) is 0 Å². The van der Waals surface area contributed by atoms with Crippen LogP contribution in [0.15, 0.2) is 24.4 Å². The van der Waals surface area contributed by atoms with Gasteiger partial charge < -0.3 is 11.1 Å². The Kier molecular flexibility index (Phi) is 4.31. The first kappa shape index (κ1) is 13.0. The smallest absolute Gasteiger partial charge is 0.223 e. The number of rotatable bonds is 4. The van der Waals surface area contributed by atoms with E-state index < -0.39 is 0 Å². The molecule has 1 saturated carbocycles. The molecule has 0 saturated heterocycles. The monoisotopic (exact) mass is 247 g/mol. The fourth-order valence-corrected chi connectivity index (χ4v) is 2.69. The first-order valence-electron chi connectivity index (χ1n) is 6.63.